The number of methoxy groups -OCH3 is 1. The Morgan fingerprint density at radius 2 is 1.92 bits per heavy atom. The summed E-state index contributed by atoms with van der Waals surface area (Å²) in [5, 5.41) is 3.98. The zero-order valence-corrected chi connectivity index (χ0v) is 23.4. The van der Waals surface area contributed by atoms with Gasteiger partial charge in [-0.2, -0.15) is 0 Å². The minimum Gasteiger partial charge on any atom is -0.450 e. The first kappa shape index (κ1) is 28.6. The van der Waals surface area contributed by atoms with E-state index >= 15 is 0 Å². The number of nitrogens with one attached hydrogen (secondary N) is 1. The molecule has 3 N–H and O–H groups in total. The Hall–Kier alpha value is -3.36. The molecule has 8 heteroatoms. The fraction of sp³-hybridized carbons (Fsp3) is 0.484. The van der Waals surface area contributed by atoms with Gasteiger partial charge in [0.15, 0.2) is 0 Å². The Balaban J connectivity index is 1.39. The first-order valence-electron chi connectivity index (χ1n) is 14.0. The van der Waals surface area contributed by atoms with Crippen LogP contribution in [-0.4, -0.2) is 60.9 Å². The quantitative estimate of drug-likeness (QED) is 0.329. The number of likely N-dealkylation sites (tertiary alicyclic amines) is 1. The molecule has 4 rings (SSSR count). The number of fused-ring (bicyclic) bond motifs is 1. The molecule has 1 aliphatic heterocycles. The number of hydrogen-bond donors (Lipinski definition) is 2. The van der Waals surface area contributed by atoms with E-state index in [2.05, 4.69) is 41.1 Å². The highest BCUT2D eigenvalue weighted by atomic mass is 16.5. The Bertz CT molecular complexity index is 1250. The minimum absolute atomic E-state index is 0.118. The molecule has 2 amide bonds. The van der Waals surface area contributed by atoms with E-state index in [-0.39, 0.29) is 11.9 Å². The van der Waals surface area contributed by atoms with Crippen molar-refractivity contribution >= 4 is 28.6 Å². The van der Waals surface area contributed by atoms with Gasteiger partial charge in [0.05, 0.1) is 6.61 Å². The molecule has 2 aromatic carbocycles. The van der Waals surface area contributed by atoms with Gasteiger partial charge < -0.3 is 24.7 Å². The molecular weight excluding hydrogens is 492 g/mol. The molecule has 1 fully saturated rings. The average molecular weight is 535 g/mol. The van der Waals surface area contributed by atoms with Gasteiger partial charge in [-0.15, -0.1) is 0 Å². The monoisotopic (exact) mass is 534 g/mol. The van der Waals surface area contributed by atoms with Gasteiger partial charge >= 0.3 is 6.09 Å². The fourth-order valence-corrected chi connectivity index (χ4v) is 5.80. The van der Waals surface area contributed by atoms with Crippen LogP contribution >= 0.6 is 0 Å². The van der Waals surface area contributed by atoms with E-state index in [9.17, 15) is 9.59 Å². The topological polar surface area (TPSA) is 98.8 Å². The first-order chi connectivity index (χ1) is 18.9. The molecular formula is C31H42N4O4. The molecule has 39 heavy (non-hydrogen) atoms. The van der Waals surface area contributed by atoms with E-state index in [0.29, 0.717) is 31.1 Å². The molecule has 1 saturated heterocycles. The van der Waals surface area contributed by atoms with Gasteiger partial charge in [-0.3, -0.25) is 10.1 Å². The predicted octanol–water partition coefficient (Wildman–Crippen LogP) is 5.22. The highest BCUT2D eigenvalue weighted by Crippen LogP contribution is 2.36. The van der Waals surface area contributed by atoms with Crippen LogP contribution in [0.3, 0.4) is 0 Å². The lowest BCUT2D eigenvalue weighted by atomic mass is 9.91. The summed E-state index contributed by atoms with van der Waals surface area (Å²) in [5.41, 5.74) is 12.1. The van der Waals surface area contributed by atoms with E-state index in [1.54, 1.807) is 14.0 Å². The fourth-order valence-electron chi connectivity index (χ4n) is 5.80. The van der Waals surface area contributed by atoms with Gasteiger partial charge in [0.2, 0.25) is 5.91 Å². The Morgan fingerprint density at radius 3 is 2.67 bits per heavy atom. The number of carbonyl (C=O) groups is 2. The number of nitrogens with two attached hydrogens (primary N) is 1. The van der Waals surface area contributed by atoms with E-state index in [1.165, 1.54) is 22.2 Å². The number of rotatable bonds is 11. The molecule has 1 aliphatic rings. The molecule has 210 valence electrons. The number of aromatic nitrogens is 1. The summed E-state index contributed by atoms with van der Waals surface area (Å²) >= 11 is 0. The van der Waals surface area contributed by atoms with Crippen LogP contribution < -0.4 is 11.1 Å². The van der Waals surface area contributed by atoms with Crippen molar-refractivity contribution in [1.82, 2.24) is 9.47 Å². The maximum atomic E-state index is 13.3. The second kappa shape index (κ2) is 13.6. The summed E-state index contributed by atoms with van der Waals surface area (Å²) in [7, 11) is 1.74. The van der Waals surface area contributed by atoms with Crippen LogP contribution in [0.1, 0.15) is 55.3 Å². The average Bonchev–Trinajstić information content (AvgIpc) is 3.21. The lowest BCUT2D eigenvalue weighted by molar-refractivity contribution is -0.132. The SMILES string of the molecule is CCOC(=O)Nc1ccc(CC(N)CC(=O)N2CCCC(c3c(C)c4ccccc4n3CCCOC)C2)cc1. The van der Waals surface area contributed by atoms with Crippen molar-refractivity contribution in [3.05, 3.63) is 65.4 Å². The van der Waals surface area contributed by atoms with E-state index < -0.39 is 6.09 Å². The number of ether oxygens (including phenoxy) is 2. The second-order valence-electron chi connectivity index (χ2n) is 10.4. The number of piperidine rings is 1. The lowest BCUT2D eigenvalue weighted by Crippen LogP contribution is -2.42. The number of hydrogen-bond acceptors (Lipinski definition) is 5. The molecule has 3 aromatic rings. The number of para-hydroxylation sites is 1. The molecule has 2 unspecified atom stereocenters. The van der Waals surface area contributed by atoms with Crippen molar-refractivity contribution in [3.8, 4) is 0 Å². The normalized spacial score (nSPS) is 16.3. The van der Waals surface area contributed by atoms with Crippen LogP contribution in [0.15, 0.2) is 48.5 Å². The number of nitrogens with zero attached hydrogens (tertiary/aromatic N) is 2. The lowest BCUT2D eigenvalue weighted by Gasteiger charge is -2.34. The zero-order chi connectivity index (χ0) is 27.8. The van der Waals surface area contributed by atoms with Gasteiger partial charge in [-0.1, -0.05) is 30.3 Å². The number of carbonyl (C=O) groups excluding carboxylic acids is 2. The summed E-state index contributed by atoms with van der Waals surface area (Å²) in [6.07, 6.45) is 3.44. The van der Waals surface area contributed by atoms with E-state index in [4.69, 9.17) is 15.2 Å². The zero-order valence-electron chi connectivity index (χ0n) is 23.4. The van der Waals surface area contributed by atoms with Crippen LogP contribution in [0.5, 0.6) is 0 Å². The smallest absolute Gasteiger partial charge is 0.411 e. The molecule has 2 atom stereocenters. The van der Waals surface area contributed by atoms with Gasteiger partial charge in [0.1, 0.15) is 0 Å². The third-order valence-corrected chi connectivity index (χ3v) is 7.58. The predicted molar refractivity (Wildman–Crippen MR) is 155 cm³/mol. The first-order valence-corrected chi connectivity index (χ1v) is 14.0. The van der Waals surface area contributed by atoms with Crippen molar-refractivity contribution in [2.45, 2.75) is 64.5 Å². The Morgan fingerprint density at radius 1 is 1.15 bits per heavy atom. The van der Waals surface area contributed by atoms with Crippen molar-refractivity contribution < 1.29 is 19.1 Å². The van der Waals surface area contributed by atoms with E-state index in [0.717, 1.165) is 51.1 Å². The summed E-state index contributed by atoms with van der Waals surface area (Å²) in [5.74, 6) is 0.417. The largest absolute Gasteiger partial charge is 0.450 e. The minimum atomic E-state index is -0.474. The summed E-state index contributed by atoms with van der Waals surface area (Å²) in [4.78, 5) is 26.9. The summed E-state index contributed by atoms with van der Waals surface area (Å²) in [6.45, 7) is 7.43. The van der Waals surface area contributed by atoms with Crippen LogP contribution in [-0.2, 0) is 27.2 Å². The number of amides is 2. The Labute approximate surface area is 231 Å². The maximum Gasteiger partial charge on any atom is 0.411 e. The van der Waals surface area contributed by atoms with Crippen LogP contribution in [0.25, 0.3) is 10.9 Å². The molecule has 1 aromatic heterocycles. The Kier molecular flexibility index (Phi) is 10.0. The second-order valence-corrected chi connectivity index (χ2v) is 10.4. The summed E-state index contributed by atoms with van der Waals surface area (Å²) < 4.78 is 12.7. The van der Waals surface area contributed by atoms with Gasteiger partial charge in [-0.25, -0.2) is 4.79 Å². The standard InChI is InChI=1S/C31H42N4O4/c1-4-39-31(37)33-26-14-12-23(13-15-26)19-25(32)20-29(36)34-16-7-9-24(21-34)30-22(2)27-10-5-6-11-28(27)35(30)17-8-18-38-3/h5-6,10-15,24-25H,4,7-9,16-21,32H2,1-3H3,(H,33,37). The number of benzene rings is 2. The molecule has 2 heterocycles. The molecule has 0 saturated carbocycles. The van der Waals surface area contributed by atoms with Crippen LogP contribution in [0.4, 0.5) is 10.5 Å². The highest BCUT2D eigenvalue weighted by Gasteiger charge is 2.29. The molecule has 8 nitrogen and oxygen atoms in total. The van der Waals surface area contributed by atoms with Gasteiger partial charge in [0.25, 0.3) is 0 Å². The maximum absolute atomic E-state index is 13.3. The molecule has 0 bridgehead atoms. The van der Waals surface area contributed by atoms with Crippen LogP contribution in [0.2, 0.25) is 0 Å². The van der Waals surface area contributed by atoms with Crippen molar-refractivity contribution in [3.63, 3.8) is 0 Å². The number of anilines is 1. The molecule has 0 spiro atoms. The molecule has 0 aliphatic carbocycles. The van der Waals surface area contributed by atoms with E-state index in [1.807, 2.05) is 29.2 Å². The highest BCUT2D eigenvalue weighted by molar-refractivity contribution is 5.86. The number of aryl methyl sites for hydroxylation is 2. The van der Waals surface area contributed by atoms with Crippen molar-refractivity contribution in [2.75, 3.05) is 38.7 Å². The van der Waals surface area contributed by atoms with Crippen molar-refractivity contribution in [2.24, 2.45) is 5.73 Å². The van der Waals surface area contributed by atoms with Gasteiger partial charge in [0, 0.05) is 74.0 Å². The molecule has 0 radical (unpaired) electrons. The van der Waals surface area contributed by atoms with Gasteiger partial charge in [-0.05, 0) is 68.9 Å². The van der Waals surface area contributed by atoms with Crippen molar-refractivity contribution in [1.29, 1.82) is 0 Å². The van der Waals surface area contributed by atoms with Crippen LogP contribution in [0, 0.1) is 6.92 Å². The third kappa shape index (κ3) is 7.19. The summed E-state index contributed by atoms with van der Waals surface area (Å²) in [6, 6.07) is 15.8. The third-order valence-electron chi connectivity index (χ3n) is 7.58.